The maximum Gasteiger partial charge on any atom is 0.269 e. The van der Waals surface area contributed by atoms with Crippen LogP contribution in [-0.2, 0) is 13.6 Å². The van der Waals surface area contributed by atoms with E-state index in [9.17, 15) is 4.79 Å². The Bertz CT molecular complexity index is 1030. The standard InChI is InChI=1S/C20H17BrN4O/c1-24-17-5-3-2-4-16(17)18(21)19(24)20(26)23-12-14-6-8-15(9-7-14)25-11-10-22-13-25/h2-11,13H,12H2,1H3,(H,23,26). The summed E-state index contributed by atoms with van der Waals surface area (Å²) in [7, 11) is 1.90. The summed E-state index contributed by atoms with van der Waals surface area (Å²) in [6, 6.07) is 16.0. The van der Waals surface area contributed by atoms with Crippen molar-refractivity contribution in [1.82, 2.24) is 19.4 Å². The molecule has 2 aromatic heterocycles. The van der Waals surface area contributed by atoms with Crippen molar-refractivity contribution in [2.45, 2.75) is 6.54 Å². The highest BCUT2D eigenvalue weighted by molar-refractivity contribution is 9.10. The molecule has 1 amide bonds. The number of halogens is 1. The fourth-order valence-corrected chi connectivity index (χ4v) is 3.84. The van der Waals surface area contributed by atoms with Gasteiger partial charge < -0.3 is 14.5 Å². The molecule has 2 aromatic carbocycles. The number of imidazole rings is 1. The Morgan fingerprint density at radius 3 is 2.62 bits per heavy atom. The van der Waals surface area contributed by atoms with E-state index < -0.39 is 0 Å². The minimum Gasteiger partial charge on any atom is -0.347 e. The molecule has 1 N–H and O–H groups in total. The number of fused-ring (bicyclic) bond motifs is 1. The van der Waals surface area contributed by atoms with E-state index in [1.807, 2.05) is 70.9 Å². The first kappa shape index (κ1) is 16.6. The highest BCUT2D eigenvalue weighted by Gasteiger charge is 2.18. The lowest BCUT2D eigenvalue weighted by atomic mass is 10.2. The van der Waals surface area contributed by atoms with Crippen LogP contribution in [0, 0.1) is 0 Å². The minimum atomic E-state index is -0.103. The van der Waals surface area contributed by atoms with Crippen molar-refractivity contribution < 1.29 is 4.79 Å². The summed E-state index contributed by atoms with van der Waals surface area (Å²) in [5, 5.41) is 4.04. The first-order valence-corrected chi connectivity index (χ1v) is 9.03. The fourth-order valence-electron chi connectivity index (χ4n) is 3.06. The number of carbonyl (C=O) groups excluding carboxylic acids is 1. The van der Waals surface area contributed by atoms with E-state index >= 15 is 0 Å². The van der Waals surface area contributed by atoms with Crippen LogP contribution in [-0.4, -0.2) is 20.0 Å². The topological polar surface area (TPSA) is 51.9 Å². The van der Waals surface area contributed by atoms with Crippen LogP contribution in [0.15, 0.2) is 71.7 Å². The van der Waals surface area contributed by atoms with Gasteiger partial charge in [-0.3, -0.25) is 4.79 Å². The van der Waals surface area contributed by atoms with Crippen LogP contribution in [0.5, 0.6) is 0 Å². The number of aryl methyl sites for hydroxylation is 1. The number of amides is 1. The highest BCUT2D eigenvalue weighted by Crippen LogP contribution is 2.30. The monoisotopic (exact) mass is 408 g/mol. The molecule has 130 valence electrons. The number of hydrogen-bond donors (Lipinski definition) is 1. The Balaban J connectivity index is 1.51. The molecule has 26 heavy (non-hydrogen) atoms. The summed E-state index contributed by atoms with van der Waals surface area (Å²) >= 11 is 3.57. The maximum absolute atomic E-state index is 12.7. The zero-order valence-corrected chi connectivity index (χ0v) is 15.8. The summed E-state index contributed by atoms with van der Waals surface area (Å²) in [5.41, 5.74) is 3.72. The molecule has 4 rings (SSSR count). The number of rotatable bonds is 4. The van der Waals surface area contributed by atoms with Gasteiger partial charge >= 0.3 is 0 Å². The molecule has 5 nitrogen and oxygen atoms in total. The summed E-state index contributed by atoms with van der Waals surface area (Å²) in [6.45, 7) is 0.469. The van der Waals surface area contributed by atoms with Crippen molar-refractivity contribution in [2.75, 3.05) is 0 Å². The third kappa shape index (κ3) is 2.93. The van der Waals surface area contributed by atoms with Crippen molar-refractivity contribution in [1.29, 1.82) is 0 Å². The average molecular weight is 409 g/mol. The molecule has 0 unspecified atom stereocenters. The molecule has 0 atom stereocenters. The summed E-state index contributed by atoms with van der Waals surface area (Å²) < 4.78 is 4.68. The SMILES string of the molecule is Cn1c(C(=O)NCc2ccc(-n3ccnc3)cc2)c(Br)c2ccccc21. The third-order valence-corrected chi connectivity index (χ3v) is 5.25. The van der Waals surface area contributed by atoms with Crippen molar-refractivity contribution >= 4 is 32.7 Å². The number of benzene rings is 2. The molecular weight excluding hydrogens is 392 g/mol. The first-order valence-electron chi connectivity index (χ1n) is 8.23. The molecule has 0 aliphatic heterocycles. The van der Waals surface area contributed by atoms with Gasteiger partial charge in [0.15, 0.2) is 0 Å². The zero-order valence-electron chi connectivity index (χ0n) is 14.2. The second kappa shape index (κ2) is 6.80. The van der Waals surface area contributed by atoms with Gasteiger partial charge in [0.25, 0.3) is 5.91 Å². The zero-order chi connectivity index (χ0) is 18.1. The predicted octanol–water partition coefficient (Wildman–Crippen LogP) is 4.06. The highest BCUT2D eigenvalue weighted by atomic mass is 79.9. The van der Waals surface area contributed by atoms with Gasteiger partial charge in [0.2, 0.25) is 0 Å². The van der Waals surface area contributed by atoms with E-state index in [0.717, 1.165) is 26.6 Å². The Kier molecular flexibility index (Phi) is 4.34. The molecule has 2 heterocycles. The van der Waals surface area contributed by atoms with Gasteiger partial charge in [-0.05, 0) is 39.7 Å². The van der Waals surface area contributed by atoms with E-state index in [1.54, 1.807) is 12.5 Å². The Labute approximate surface area is 159 Å². The van der Waals surface area contributed by atoms with Crippen molar-refractivity contribution in [3.05, 3.63) is 83.0 Å². The number of carbonyl (C=O) groups is 1. The molecule has 6 heteroatoms. The first-order chi connectivity index (χ1) is 12.6. The maximum atomic E-state index is 12.7. The molecule has 0 radical (unpaired) electrons. The third-order valence-electron chi connectivity index (χ3n) is 4.45. The number of nitrogens with zero attached hydrogens (tertiary/aromatic N) is 3. The van der Waals surface area contributed by atoms with Crippen molar-refractivity contribution in [2.24, 2.45) is 7.05 Å². The smallest absolute Gasteiger partial charge is 0.269 e. The molecular formula is C20H17BrN4O. The van der Waals surface area contributed by atoms with Crippen LogP contribution < -0.4 is 5.32 Å². The van der Waals surface area contributed by atoms with Gasteiger partial charge in [-0.15, -0.1) is 0 Å². The average Bonchev–Trinajstić information content (AvgIpc) is 3.29. The summed E-state index contributed by atoms with van der Waals surface area (Å²) in [6.07, 6.45) is 5.40. The van der Waals surface area contributed by atoms with E-state index in [0.29, 0.717) is 12.2 Å². The van der Waals surface area contributed by atoms with Crippen LogP contribution >= 0.6 is 15.9 Å². The Morgan fingerprint density at radius 2 is 1.92 bits per heavy atom. The van der Waals surface area contributed by atoms with Gasteiger partial charge in [-0.1, -0.05) is 30.3 Å². The fraction of sp³-hybridized carbons (Fsp3) is 0.100. The predicted molar refractivity (Wildman–Crippen MR) is 105 cm³/mol. The number of aromatic nitrogens is 3. The van der Waals surface area contributed by atoms with Crippen LogP contribution in [0.1, 0.15) is 16.1 Å². The molecule has 0 aliphatic carbocycles. The molecule has 0 saturated carbocycles. The quantitative estimate of drug-likeness (QED) is 0.553. The van der Waals surface area contributed by atoms with E-state index in [2.05, 4.69) is 26.2 Å². The second-order valence-electron chi connectivity index (χ2n) is 6.06. The summed E-state index contributed by atoms with van der Waals surface area (Å²) in [5.74, 6) is -0.103. The molecule has 0 saturated heterocycles. The Hall–Kier alpha value is -2.86. The lowest BCUT2D eigenvalue weighted by molar-refractivity contribution is 0.0942. The van der Waals surface area contributed by atoms with E-state index in [4.69, 9.17) is 0 Å². The van der Waals surface area contributed by atoms with Crippen LogP contribution in [0.25, 0.3) is 16.6 Å². The van der Waals surface area contributed by atoms with Gasteiger partial charge in [-0.25, -0.2) is 4.98 Å². The summed E-state index contributed by atoms with van der Waals surface area (Å²) in [4.78, 5) is 16.8. The molecule has 0 spiro atoms. The van der Waals surface area contributed by atoms with Crippen LogP contribution in [0.2, 0.25) is 0 Å². The number of nitrogens with one attached hydrogen (secondary N) is 1. The molecule has 0 bridgehead atoms. The number of para-hydroxylation sites is 1. The van der Waals surface area contributed by atoms with Crippen LogP contribution in [0.4, 0.5) is 0 Å². The Morgan fingerprint density at radius 1 is 1.15 bits per heavy atom. The van der Waals surface area contributed by atoms with Gasteiger partial charge in [0.1, 0.15) is 5.69 Å². The lowest BCUT2D eigenvalue weighted by Crippen LogP contribution is -2.25. The normalized spacial score (nSPS) is 11.0. The number of hydrogen-bond acceptors (Lipinski definition) is 2. The van der Waals surface area contributed by atoms with Crippen LogP contribution in [0.3, 0.4) is 0 Å². The molecule has 0 aliphatic rings. The van der Waals surface area contributed by atoms with E-state index in [1.165, 1.54) is 0 Å². The van der Waals surface area contributed by atoms with E-state index in [-0.39, 0.29) is 5.91 Å². The minimum absolute atomic E-state index is 0.103. The lowest BCUT2D eigenvalue weighted by Gasteiger charge is -2.08. The van der Waals surface area contributed by atoms with Gasteiger partial charge in [0, 0.05) is 42.6 Å². The largest absolute Gasteiger partial charge is 0.347 e. The van der Waals surface area contributed by atoms with Crippen molar-refractivity contribution in [3.8, 4) is 5.69 Å². The molecule has 4 aromatic rings. The van der Waals surface area contributed by atoms with Gasteiger partial charge in [0.05, 0.1) is 10.8 Å². The van der Waals surface area contributed by atoms with Crippen molar-refractivity contribution in [3.63, 3.8) is 0 Å². The molecule has 0 fully saturated rings. The van der Waals surface area contributed by atoms with Gasteiger partial charge in [-0.2, -0.15) is 0 Å². The second-order valence-corrected chi connectivity index (χ2v) is 6.85.